The molecule has 1 heterocycles. The molecule has 0 saturated heterocycles. The van der Waals surface area contributed by atoms with Crippen molar-refractivity contribution in [2.75, 3.05) is 12.3 Å². The Hall–Kier alpha value is -2.87. The highest BCUT2D eigenvalue weighted by Crippen LogP contribution is 2.22. The van der Waals surface area contributed by atoms with Crippen LogP contribution in [-0.2, 0) is 19.4 Å². The Bertz CT molecular complexity index is 970. The lowest BCUT2D eigenvalue weighted by molar-refractivity contribution is -0.129. The van der Waals surface area contributed by atoms with Crippen molar-refractivity contribution in [2.45, 2.75) is 53.2 Å². The zero-order chi connectivity index (χ0) is 24.6. The van der Waals surface area contributed by atoms with Crippen LogP contribution < -0.4 is 0 Å². The molecule has 0 fully saturated rings. The number of carbonyl (C=O) groups excluding carboxylic acids is 2. The van der Waals surface area contributed by atoms with Gasteiger partial charge in [0, 0.05) is 19.7 Å². The van der Waals surface area contributed by atoms with E-state index in [1.807, 2.05) is 6.92 Å². The van der Waals surface area contributed by atoms with Crippen molar-refractivity contribution in [3.05, 3.63) is 72.0 Å². The summed E-state index contributed by atoms with van der Waals surface area (Å²) in [7, 11) is -3.38. The van der Waals surface area contributed by atoms with Crippen LogP contribution in [0.5, 0.6) is 0 Å². The van der Waals surface area contributed by atoms with E-state index in [-0.39, 0.29) is 28.7 Å². The first-order valence-corrected chi connectivity index (χ1v) is 12.1. The Kier molecular flexibility index (Phi) is 9.90. The zero-order valence-corrected chi connectivity index (χ0v) is 20.4. The second-order valence-corrected chi connectivity index (χ2v) is 10.0. The van der Waals surface area contributed by atoms with Gasteiger partial charge in [0.2, 0.25) is 5.91 Å². The third kappa shape index (κ3) is 7.67. The van der Waals surface area contributed by atoms with Crippen molar-refractivity contribution >= 4 is 21.8 Å². The highest BCUT2D eigenvalue weighted by atomic mass is 32.2. The number of sulfone groups is 1. The van der Waals surface area contributed by atoms with Gasteiger partial charge in [0.25, 0.3) is 0 Å². The monoisotopic (exact) mass is 462 g/mol. The molecule has 0 aliphatic carbocycles. The van der Waals surface area contributed by atoms with Crippen LogP contribution in [0.4, 0.5) is 4.79 Å². The molecule has 2 amide bonds. The summed E-state index contributed by atoms with van der Waals surface area (Å²) in [5.74, 6) is -0.126. The molecule has 0 N–H and O–H groups in total. The molecule has 0 saturated carbocycles. The third-order valence-electron chi connectivity index (χ3n) is 4.59. The third-order valence-corrected chi connectivity index (χ3v) is 6.47. The number of nitrogens with zero attached hydrogens (tertiary/aromatic N) is 2. The summed E-state index contributed by atoms with van der Waals surface area (Å²) in [6.45, 7) is 20.4. The summed E-state index contributed by atoms with van der Waals surface area (Å²) in [5.41, 5.74) is 1.51. The smallest absolute Gasteiger partial charge is 0.414 e. The Morgan fingerprint density at radius 2 is 1.78 bits per heavy atom. The van der Waals surface area contributed by atoms with E-state index in [0.717, 1.165) is 0 Å². The Balaban J connectivity index is 3.05. The SMILES string of the molecule is C=C(/C=C\C(=C)S(=O)(=O)CCC)C(=C)/C=C\C1=CN(C(=O)OC(C)C)CC(C)N1C(C)=O. The first-order chi connectivity index (χ1) is 14.8. The number of ether oxygens (including phenoxy) is 1. The van der Waals surface area contributed by atoms with E-state index in [1.54, 1.807) is 44.0 Å². The maximum atomic E-state index is 12.3. The van der Waals surface area contributed by atoms with Crippen molar-refractivity contribution in [1.29, 1.82) is 0 Å². The number of amides is 2. The maximum absolute atomic E-state index is 12.3. The normalized spacial score (nSPS) is 17.1. The number of rotatable bonds is 9. The summed E-state index contributed by atoms with van der Waals surface area (Å²) in [5, 5.41) is 0. The van der Waals surface area contributed by atoms with Gasteiger partial charge in [-0.15, -0.1) is 0 Å². The molecule has 1 rings (SSSR count). The van der Waals surface area contributed by atoms with E-state index in [1.165, 1.54) is 24.0 Å². The molecular formula is C24H34N2O5S. The number of hydrogen-bond donors (Lipinski definition) is 0. The van der Waals surface area contributed by atoms with Crippen molar-refractivity contribution < 1.29 is 22.7 Å². The number of allylic oxidation sites excluding steroid dienone is 6. The highest BCUT2D eigenvalue weighted by Gasteiger charge is 2.30. The maximum Gasteiger partial charge on any atom is 0.414 e. The minimum Gasteiger partial charge on any atom is -0.446 e. The van der Waals surface area contributed by atoms with Gasteiger partial charge in [0.15, 0.2) is 9.84 Å². The lowest BCUT2D eigenvalue weighted by Crippen LogP contribution is -2.48. The molecular weight excluding hydrogens is 428 g/mol. The quantitative estimate of drug-likeness (QED) is 0.472. The molecule has 0 aromatic carbocycles. The van der Waals surface area contributed by atoms with Crippen molar-refractivity contribution in [3.8, 4) is 0 Å². The van der Waals surface area contributed by atoms with E-state index in [4.69, 9.17) is 4.74 Å². The molecule has 176 valence electrons. The minimum absolute atomic E-state index is 0.0168. The van der Waals surface area contributed by atoms with Crippen molar-refractivity contribution in [1.82, 2.24) is 9.80 Å². The van der Waals surface area contributed by atoms with E-state index in [0.29, 0.717) is 29.8 Å². The topological polar surface area (TPSA) is 84.0 Å². The molecule has 0 aromatic heterocycles. The van der Waals surface area contributed by atoms with E-state index in [9.17, 15) is 18.0 Å². The van der Waals surface area contributed by atoms with Gasteiger partial charge in [0.1, 0.15) is 0 Å². The predicted octanol–water partition coefficient (Wildman–Crippen LogP) is 4.49. The average Bonchev–Trinajstić information content (AvgIpc) is 2.68. The second kappa shape index (κ2) is 11.7. The standard InChI is InChI=1S/C24H34N2O5S/c1-9-14-32(29,30)21(7)12-10-18(4)19(5)11-13-23-16-25(24(28)31-17(2)3)15-20(6)26(23)22(8)27/h10-13,16-17,20H,4-5,7,9,14-15H2,1-3,6,8H3/b12-10-,13-11-. The zero-order valence-electron chi connectivity index (χ0n) is 19.6. The van der Waals surface area contributed by atoms with Crippen LogP contribution in [0.25, 0.3) is 0 Å². The molecule has 1 unspecified atom stereocenters. The minimum atomic E-state index is -3.38. The van der Waals surface area contributed by atoms with Crippen LogP contribution in [0.3, 0.4) is 0 Å². The van der Waals surface area contributed by atoms with Gasteiger partial charge in [-0.2, -0.15) is 0 Å². The molecule has 0 spiro atoms. The molecule has 0 bridgehead atoms. The van der Waals surface area contributed by atoms with Gasteiger partial charge in [-0.05, 0) is 50.5 Å². The summed E-state index contributed by atoms with van der Waals surface area (Å²) >= 11 is 0. The van der Waals surface area contributed by atoms with Crippen molar-refractivity contribution in [2.24, 2.45) is 0 Å². The summed E-state index contributed by atoms with van der Waals surface area (Å²) in [6, 6.07) is -0.250. The predicted molar refractivity (Wildman–Crippen MR) is 128 cm³/mol. The molecule has 8 heteroatoms. The summed E-state index contributed by atoms with van der Waals surface area (Å²) in [4.78, 5) is 27.5. The second-order valence-electron chi connectivity index (χ2n) is 7.88. The van der Waals surface area contributed by atoms with E-state index in [2.05, 4.69) is 19.7 Å². The van der Waals surface area contributed by atoms with Gasteiger partial charge >= 0.3 is 6.09 Å². The lowest BCUT2D eigenvalue weighted by atomic mass is 10.1. The average molecular weight is 463 g/mol. The van der Waals surface area contributed by atoms with Crippen LogP contribution in [0.2, 0.25) is 0 Å². The van der Waals surface area contributed by atoms with Gasteiger partial charge in [-0.3, -0.25) is 9.69 Å². The van der Waals surface area contributed by atoms with Crippen LogP contribution in [0, 0.1) is 0 Å². The summed E-state index contributed by atoms with van der Waals surface area (Å²) < 4.78 is 29.3. The fourth-order valence-electron chi connectivity index (χ4n) is 3.00. The van der Waals surface area contributed by atoms with Gasteiger partial charge in [-0.1, -0.05) is 38.8 Å². The molecule has 1 aliphatic heterocycles. The van der Waals surface area contributed by atoms with Crippen LogP contribution in [0.15, 0.2) is 72.0 Å². The van der Waals surface area contributed by atoms with Crippen LogP contribution >= 0.6 is 0 Å². The molecule has 1 atom stereocenters. The largest absolute Gasteiger partial charge is 0.446 e. The first kappa shape index (κ1) is 27.2. The molecule has 7 nitrogen and oxygen atoms in total. The molecule has 1 aliphatic rings. The van der Waals surface area contributed by atoms with Crippen LogP contribution in [0.1, 0.15) is 41.0 Å². The molecule has 32 heavy (non-hydrogen) atoms. The van der Waals surface area contributed by atoms with E-state index < -0.39 is 15.9 Å². The van der Waals surface area contributed by atoms with Crippen LogP contribution in [-0.4, -0.2) is 54.7 Å². The highest BCUT2D eigenvalue weighted by molar-refractivity contribution is 7.95. The summed E-state index contributed by atoms with van der Waals surface area (Å²) in [6.07, 6.45) is 7.58. The van der Waals surface area contributed by atoms with Gasteiger partial charge < -0.3 is 9.64 Å². The Labute approximate surface area is 192 Å². The van der Waals surface area contributed by atoms with Gasteiger partial charge in [0.05, 0.1) is 28.5 Å². The Morgan fingerprint density at radius 3 is 2.31 bits per heavy atom. The lowest BCUT2D eigenvalue weighted by Gasteiger charge is -2.37. The van der Waals surface area contributed by atoms with Gasteiger partial charge in [-0.25, -0.2) is 13.2 Å². The fourth-order valence-corrected chi connectivity index (χ4v) is 4.08. The number of carbonyl (C=O) groups is 2. The van der Waals surface area contributed by atoms with E-state index >= 15 is 0 Å². The number of hydrogen-bond acceptors (Lipinski definition) is 5. The molecule has 0 aromatic rings. The molecule has 0 radical (unpaired) electrons. The van der Waals surface area contributed by atoms with Crippen molar-refractivity contribution in [3.63, 3.8) is 0 Å². The Morgan fingerprint density at radius 1 is 1.19 bits per heavy atom. The first-order valence-electron chi connectivity index (χ1n) is 10.4. The fraction of sp³-hybridized carbons (Fsp3) is 0.417.